The molecule has 2 aromatic carbocycles. The number of anilines is 1. The minimum absolute atomic E-state index is 0.129. The third-order valence-corrected chi connectivity index (χ3v) is 3.25. The molecule has 0 aromatic heterocycles. The number of carbonyl (C=O) groups is 1. The van der Waals surface area contributed by atoms with Crippen molar-refractivity contribution < 1.29 is 18.7 Å². The second-order valence-corrected chi connectivity index (χ2v) is 5.05. The predicted molar refractivity (Wildman–Crippen MR) is 87.0 cm³/mol. The summed E-state index contributed by atoms with van der Waals surface area (Å²) in [7, 11) is 0. The lowest BCUT2D eigenvalue weighted by molar-refractivity contribution is -0.140. The van der Waals surface area contributed by atoms with Crippen LogP contribution < -0.4 is 10.1 Å². The standard InChI is InChI=1S/C18H20FNO3/c1-3-22-18(21)11-20-17-9-8-16(10-13(17)2)23-12-14-4-6-15(19)7-5-14/h4-10,20H,3,11-12H2,1-2H3. The summed E-state index contributed by atoms with van der Waals surface area (Å²) in [6.07, 6.45) is 0. The Labute approximate surface area is 135 Å². The molecule has 2 aromatic rings. The van der Waals surface area contributed by atoms with Gasteiger partial charge in [-0.1, -0.05) is 12.1 Å². The molecule has 0 heterocycles. The van der Waals surface area contributed by atoms with Crippen LogP contribution in [0.3, 0.4) is 0 Å². The Morgan fingerprint density at radius 1 is 1.17 bits per heavy atom. The van der Waals surface area contributed by atoms with E-state index in [1.807, 2.05) is 25.1 Å². The van der Waals surface area contributed by atoms with E-state index < -0.39 is 0 Å². The molecule has 0 saturated carbocycles. The zero-order valence-electron chi connectivity index (χ0n) is 13.3. The number of aryl methyl sites for hydroxylation is 1. The van der Waals surface area contributed by atoms with E-state index in [4.69, 9.17) is 9.47 Å². The molecule has 1 N–H and O–H groups in total. The molecule has 4 nitrogen and oxygen atoms in total. The SMILES string of the molecule is CCOC(=O)CNc1ccc(OCc2ccc(F)cc2)cc1C. The topological polar surface area (TPSA) is 47.6 Å². The number of ether oxygens (including phenoxy) is 2. The zero-order valence-corrected chi connectivity index (χ0v) is 13.3. The van der Waals surface area contributed by atoms with Crippen molar-refractivity contribution in [3.63, 3.8) is 0 Å². The van der Waals surface area contributed by atoms with E-state index in [9.17, 15) is 9.18 Å². The fourth-order valence-electron chi connectivity index (χ4n) is 2.05. The average molecular weight is 317 g/mol. The molecule has 0 saturated heterocycles. The molecule has 0 unspecified atom stereocenters. The van der Waals surface area contributed by atoms with Gasteiger partial charge in [-0.2, -0.15) is 0 Å². The second-order valence-electron chi connectivity index (χ2n) is 5.05. The fraction of sp³-hybridized carbons (Fsp3) is 0.278. The van der Waals surface area contributed by atoms with Crippen LogP contribution >= 0.6 is 0 Å². The number of hydrogen-bond acceptors (Lipinski definition) is 4. The maximum absolute atomic E-state index is 12.8. The molecule has 0 amide bonds. The highest BCUT2D eigenvalue weighted by Gasteiger charge is 2.05. The minimum atomic E-state index is -0.288. The molecule has 0 atom stereocenters. The zero-order chi connectivity index (χ0) is 16.7. The molecule has 5 heteroatoms. The van der Waals surface area contributed by atoms with Crippen molar-refractivity contribution >= 4 is 11.7 Å². The maximum atomic E-state index is 12.8. The van der Waals surface area contributed by atoms with Gasteiger partial charge in [-0.15, -0.1) is 0 Å². The van der Waals surface area contributed by atoms with Gasteiger partial charge in [0.2, 0.25) is 0 Å². The van der Waals surface area contributed by atoms with E-state index in [1.165, 1.54) is 12.1 Å². The number of carbonyl (C=O) groups excluding carboxylic acids is 1. The van der Waals surface area contributed by atoms with Crippen LogP contribution in [0.5, 0.6) is 5.75 Å². The lowest BCUT2D eigenvalue weighted by Crippen LogP contribution is -2.17. The van der Waals surface area contributed by atoms with Gasteiger partial charge in [-0.3, -0.25) is 4.79 Å². The van der Waals surface area contributed by atoms with Gasteiger partial charge >= 0.3 is 5.97 Å². The highest BCUT2D eigenvalue weighted by molar-refractivity contribution is 5.75. The van der Waals surface area contributed by atoms with Crippen molar-refractivity contribution in [2.24, 2.45) is 0 Å². The highest BCUT2D eigenvalue weighted by Crippen LogP contribution is 2.22. The molecule has 122 valence electrons. The second kappa shape index (κ2) is 8.17. The van der Waals surface area contributed by atoms with Crippen molar-refractivity contribution in [3.05, 3.63) is 59.4 Å². The first-order valence-corrected chi connectivity index (χ1v) is 7.46. The van der Waals surface area contributed by atoms with Crippen LogP contribution in [0.4, 0.5) is 10.1 Å². The Bertz CT molecular complexity index is 656. The normalized spacial score (nSPS) is 10.2. The summed E-state index contributed by atoms with van der Waals surface area (Å²) in [5.41, 5.74) is 2.71. The maximum Gasteiger partial charge on any atom is 0.325 e. The average Bonchev–Trinajstić information content (AvgIpc) is 2.54. The lowest BCUT2D eigenvalue weighted by Gasteiger charge is -2.12. The summed E-state index contributed by atoms with van der Waals surface area (Å²) >= 11 is 0. The Kier molecular flexibility index (Phi) is 5.97. The molecular weight excluding hydrogens is 297 g/mol. The van der Waals surface area contributed by atoms with Crippen LogP contribution in [0.1, 0.15) is 18.1 Å². The predicted octanol–water partition coefficient (Wildman–Crippen LogP) is 3.69. The van der Waals surface area contributed by atoms with Gasteiger partial charge in [-0.05, 0) is 55.3 Å². The van der Waals surface area contributed by atoms with Gasteiger partial charge in [0.05, 0.1) is 6.61 Å². The van der Waals surface area contributed by atoms with Crippen LogP contribution in [-0.2, 0) is 16.1 Å². The summed E-state index contributed by atoms with van der Waals surface area (Å²) < 4.78 is 23.4. The van der Waals surface area contributed by atoms with Gasteiger partial charge in [-0.25, -0.2) is 4.39 Å². The van der Waals surface area contributed by atoms with E-state index in [2.05, 4.69) is 5.32 Å². The van der Waals surface area contributed by atoms with Crippen LogP contribution in [0.15, 0.2) is 42.5 Å². The van der Waals surface area contributed by atoms with E-state index in [1.54, 1.807) is 19.1 Å². The van der Waals surface area contributed by atoms with Gasteiger partial charge in [0.25, 0.3) is 0 Å². The van der Waals surface area contributed by atoms with Crippen molar-refractivity contribution in [2.45, 2.75) is 20.5 Å². The van der Waals surface area contributed by atoms with Gasteiger partial charge < -0.3 is 14.8 Å². The van der Waals surface area contributed by atoms with E-state index in [-0.39, 0.29) is 18.3 Å². The first kappa shape index (κ1) is 16.8. The first-order valence-electron chi connectivity index (χ1n) is 7.46. The number of nitrogens with one attached hydrogen (secondary N) is 1. The third kappa shape index (κ3) is 5.29. The monoisotopic (exact) mass is 317 g/mol. The summed E-state index contributed by atoms with van der Waals surface area (Å²) in [5.74, 6) is 0.165. The van der Waals surface area contributed by atoms with E-state index >= 15 is 0 Å². The summed E-state index contributed by atoms with van der Waals surface area (Å²) in [4.78, 5) is 11.3. The molecule has 0 aliphatic heterocycles. The molecule has 0 aliphatic rings. The van der Waals surface area contributed by atoms with Crippen molar-refractivity contribution in [1.82, 2.24) is 0 Å². The van der Waals surface area contributed by atoms with Crippen LogP contribution in [0.25, 0.3) is 0 Å². The quantitative estimate of drug-likeness (QED) is 0.791. The van der Waals surface area contributed by atoms with Gasteiger partial charge in [0.15, 0.2) is 0 Å². The minimum Gasteiger partial charge on any atom is -0.489 e. The molecule has 0 fully saturated rings. The number of benzene rings is 2. The van der Waals surface area contributed by atoms with Crippen molar-refractivity contribution in [3.8, 4) is 5.75 Å². The van der Waals surface area contributed by atoms with Crippen molar-refractivity contribution in [1.29, 1.82) is 0 Å². The van der Waals surface area contributed by atoms with Crippen molar-refractivity contribution in [2.75, 3.05) is 18.5 Å². The smallest absolute Gasteiger partial charge is 0.325 e. The Hall–Kier alpha value is -2.56. The van der Waals surface area contributed by atoms with Gasteiger partial charge in [0.1, 0.15) is 24.7 Å². The van der Waals surface area contributed by atoms with Crippen LogP contribution in [0, 0.1) is 12.7 Å². The number of esters is 1. The summed E-state index contributed by atoms with van der Waals surface area (Å²) in [5, 5.41) is 3.03. The largest absolute Gasteiger partial charge is 0.489 e. The summed E-state index contributed by atoms with van der Waals surface area (Å²) in [6, 6.07) is 11.8. The Morgan fingerprint density at radius 2 is 1.91 bits per heavy atom. The van der Waals surface area contributed by atoms with Gasteiger partial charge in [0, 0.05) is 5.69 Å². The van der Waals surface area contributed by atoms with Crippen LogP contribution in [0.2, 0.25) is 0 Å². The van der Waals surface area contributed by atoms with Crippen LogP contribution in [-0.4, -0.2) is 19.1 Å². The van der Waals surface area contributed by atoms with E-state index in [0.29, 0.717) is 19.0 Å². The van der Waals surface area contributed by atoms with E-state index in [0.717, 1.165) is 16.8 Å². The molecule has 2 rings (SSSR count). The molecule has 0 radical (unpaired) electrons. The number of halogens is 1. The number of rotatable bonds is 7. The highest BCUT2D eigenvalue weighted by atomic mass is 19.1. The Morgan fingerprint density at radius 3 is 2.57 bits per heavy atom. The lowest BCUT2D eigenvalue weighted by atomic mass is 10.2. The molecule has 0 bridgehead atoms. The molecule has 0 aliphatic carbocycles. The molecular formula is C18H20FNO3. The third-order valence-electron chi connectivity index (χ3n) is 3.25. The fourth-order valence-corrected chi connectivity index (χ4v) is 2.05. The molecule has 0 spiro atoms. The first-order chi connectivity index (χ1) is 11.1. The molecule has 23 heavy (non-hydrogen) atoms. The number of hydrogen-bond donors (Lipinski definition) is 1. The Balaban J connectivity index is 1.90. The summed E-state index contributed by atoms with van der Waals surface area (Å²) in [6.45, 7) is 4.57.